The van der Waals surface area contributed by atoms with Crippen LogP contribution in [0.2, 0.25) is 5.02 Å². The van der Waals surface area contributed by atoms with Crippen LogP contribution in [0.1, 0.15) is 19.4 Å². The van der Waals surface area contributed by atoms with Crippen LogP contribution >= 0.6 is 23.9 Å². The van der Waals surface area contributed by atoms with Gasteiger partial charge in [-0.25, -0.2) is 17.4 Å². The number of halogens is 2. The van der Waals surface area contributed by atoms with Gasteiger partial charge in [0.25, 0.3) is 0 Å². The summed E-state index contributed by atoms with van der Waals surface area (Å²) >= 11 is 5.71. The van der Waals surface area contributed by atoms with E-state index in [9.17, 15) is 12.3 Å². The van der Waals surface area contributed by atoms with Crippen molar-refractivity contribution in [2.45, 2.75) is 25.9 Å². The van der Waals surface area contributed by atoms with Gasteiger partial charge < -0.3 is 0 Å². The zero-order valence-corrected chi connectivity index (χ0v) is 13.3. The Labute approximate surface area is 121 Å². The van der Waals surface area contributed by atoms with Crippen LogP contribution in [0.5, 0.6) is 0 Å². The largest absolute Gasteiger partial charge is 0.240 e. The predicted molar refractivity (Wildman–Crippen MR) is 78.0 cm³/mol. The average molecular weight is 325 g/mol. The van der Waals surface area contributed by atoms with Gasteiger partial charge in [0.1, 0.15) is 0 Å². The second kappa shape index (κ2) is 6.11. The van der Waals surface area contributed by atoms with Crippen LogP contribution in [0.4, 0.5) is 3.89 Å². The Balaban J connectivity index is 0.000000861. The SMILES string of the molecule is CC.Cc1cc2nc(S(C)(=O)=O)n(SF)c2cc1Cl. The number of hydrogen-bond acceptors (Lipinski definition) is 4. The van der Waals surface area contributed by atoms with Crippen molar-refractivity contribution >= 4 is 44.8 Å². The predicted octanol–water partition coefficient (Wildman–Crippen LogP) is 3.81. The molecule has 0 radical (unpaired) electrons. The third-order valence-electron chi connectivity index (χ3n) is 2.27. The van der Waals surface area contributed by atoms with E-state index in [1.165, 1.54) is 6.07 Å². The molecule has 0 amide bonds. The van der Waals surface area contributed by atoms with Crippen molar-refractivity contribution < 1.29 is 12.3 Å². The molecule has 0 saturated heterocycles. The molecule has 1 aromatic heterocycles. The van der Waals surface area contributed by atoms with E-state index in [4.69, 9.17) is 11.6 Å². The van der Waals surface area contributed by atoms with Crippen molar-refractivity contribution in [1.82, 2.24) is 8.96 Å². The lowest BCUT2D eigenvalue weighted by Gasteiger charge is -2.00. The molecule has 106 valence electrons. The Morgan fingerprint density at radius 3 is 2.42 bits per heavy atom. The molecule has 0 saturated carbocycles. The van der Waals surface area contributed by atoms with Crippen molar-refractivity contribution in [2.24, 2.45) is 0 Å². The summed E-state index contributed by atoms with van der Waals surface area (Å²) in [6, 6.07) is 3.12. The molecule has 0 bridgehead atoms. The van der Waals surface area contributed by atoms with Gasteiger partial charge in [0, 0.05) is 11.3 Å². The second-order valence-corrected chi connectivity index (χ2v) is 6.44. The molecule has 0 N–H and O–H groups in total. The Hall–Kier alpha value is -0.790. The number of sulfone groups is 1. The summed E-state index contributed by atoms with van der Waals surface area (Å²) in [7, 11) is -3.59. The highest BCUT2D eigenvalue weighted by molar-refractivity contribution is 7.94. The van der Waals surface area contributed by atoms with Crippen molar-refractivity contribution in [3.8, 4) is 0 Å². The maximum absolute atomic E-state index is 12.8. The number of imidazole rings is 1. The minimum absolute atomic E-state index is 0.211. The molecule has 0 fully saturated rings. The van der Waals surface area contributed by atoms with E-state index in [0.29, 0.717) is 16.1 Å². The fraction of sp³-hybridized carbons (Fsp3) is 0.364. The van der Waals surface area contributed by atoms with E-state index in [1.807, 2.05) is 13.8 Å². The summed E-state index contributed by atoms with van der Waals surface area (Å²) < 4.78 is 36.7. The molecule has 19 heavy (non-hydrogen) atoms. The molecule has 0 aliphatic heterocycles. The lowest BCUT2D eigenvalue weighted by Crippen LogP contribution is -2.03. The van der Waals surface area contributed by atoms with E-state index in [0.717, 1.165) is 15.8 Å². The molecule has 0 unspecified atom stereocenters. The van der Waals surface area contributed by atoms with E-state index in [1.54, 1.807) is 13.0 Å². The molecule has 1 aromatic carbocycles. The average Bonchev–Trinajstić information content (AvgIpc) is 2.70. The molecule has 2 rings (SSSR count). The van der Waals surface area contributed by atoms with Gasteiger partial charge in [-0.2, -0.15) is 0 Å². The van der Waals surface area contributed by atoms with Crippen LogP contribution in [-0.4, -0.2) is 23.6 Å². The molecule has 1 heterocycles. The van der Waals surface area contributed by atoms with Gasteiger partial charge in [-0.3, -0.25) is 0 Å². The Kier molecular flexibility index (Phi) is 5.23. The van der Waals surface area contributed by atoms with E-state index >= 15 is 0 Å². The normalized spacial score (nSPS) is 11.3. The standard InChI is InChI=1S/C9H8ClFN2O2S2.C2H6/c1-5-3-7-8(4-6(5)10)13(16-11)9(12-7)17(2,14)15;1-2/h3-4H,1-2H3;1-2H3. The minimum atomic E-state index is -3.59. The highest BCUT2D eigenvalue weighted by atomic mass is 35.5. The van der Waals surface area contributed by atoms with Crippen LogP contribution in [0.3, 0.4) is 0 Å². The van der Waals surface area contributed by atoms with Crippen LogP contribution < -0.4 is 0 Å². The molecule has 8 heteroatoms. The molecular weight excluding hydrogens is 311 g/mol. The smallest absolute Gasteiger partial charge is 0.228 e. The lowest BCUT2D eigenvalue weighted by molar-refractivity contribution is 0.593. The minimum Gasteiger partial charge on any atom is -0.228 e. The zero-order chi connectivity index (χ0) is 14.8. The number of rotatable bonds is 2. The second-order valence-electron chi connectivity index (χ2n) is 3.62. The van der Waals surface area contributed by atoms with Crippen molar-refractivity contribution in [2.75, 3.05) is 6.26 Å². The van der Waals surface area contributed by atoms with Gasteiger partial charge in [0.05, 0.1) is 11.0 Å². The Morgan fingerprint density at radius 1 is 1.37 bits per heavy atom. The molecule has 0 aliphatic rings. The van der Waals surface area contributed by atoms with Crippen molar-refractivity contribution in [3.05, 3.63) is 22.7 Å². The first kappa shape index (κ1) is 16.3. The number of hydrogen-bond donors (Lipinski definition) is 0. The quantitative estimate of drug-likeness (QED) is 0.843. The number of aryl methyl sites for hydroxylation is 1. The van der Waals surface area contributed by atoms with E-state index in [2.05, 4.69) is 4.98 Å². The lowest BCUT2D eigenvalue weighted by atomic mass is 10.2. The number of nitrogens with zero attached hydrogens (tertiary/aromatic N) is 2. The highest BCUT2D eigenvalue weighted by Crippen LogP contribution is 2.29. The first-order chi connectivity index (χ1) is 8.84. The van der Waals surface area contributed by atoms with Gasteiger partial charge in [-0.15, -0.1) is 3.89 Å². The third kappa shape index (κ3) is 3.21. The summed E-state index contributed by atoms with van der Waals surface area (Å²) in [5, 5.41) is 0.120. The Morgan fingerprint density at radius 2 is 1.95 bits per heavy atom. The maximum atomic E-state index is 12.8. The number of fused-ring (bicyclic) bond motifs is 1. The van der Waals surface area contributed by atoms with Crippen LogP contribution in [-0.2, 0) is 9.84 Å². The molecule has 4 nitrogen and oxygen atoms in total. The van der Waals surface area contributed by atoms with Gasteiger partial charge >= 0.3 is 0 Å². The summed E-state index contributed by atoms with van der Waals surface area (Å²) in [5.41, 5.74) is 1.50. The molecule has 2 aromatic rings. The summed E-state index contributed by atoms with van der Waals surface area (Å²) in [6.45, 7) is 5.77. The summed E-state index contributed by atoms with van der Waals surface area (Å²) in [4.78, 5) is 3.91. The summed E-state index contributed by atoms with van der Waals surface area (Å²) in [6.07, 6.45) is 0.982. The maximum Gasteiger partial charge on any atom is 0.240 e. The highest BCUT2D eigenvalue weighted by Gasteiger charge is 2.21. The molecular formula is C11H14ClFN2O2S2. The fourth-order valence-electron chi connectivity index (χ4n) is 1.46. The van der Waals surface area contributed by atoms with Gasteiger partial charge in [0.15, 0.2) is 12.3 Å². The van der Waals surface area contributed by atoms with Crippen LogP contribution in [0.25, 0.3) is 11.0 Å². The van der Waals surface area contributed by atoms with Crippen molar-refractivity contribution in [3.63, 3.8) is 0 Å². The van der Waals surface area contributed by atoms with Gasteiger partial charge in [-0.05, 0) is 24.6 Å². The van der Waals surface area contributed by atoms with Gasteiger partial charge in [0.2, 0.25) is 15.0 Å². The number of benzene rings is 1. The number of aromatic nitrogens is 2. The van der Waals surface area contributed by atoms with Gasteiger partial charge in [-0.1, -0.05) is 25.4 Å². The first-order valence-corrected chi connectivity index (χ1v) is 8.46. The summed E-state index contributed by atoms with van der Waals surface area (Å²) in [5.74, 6) is 0. The van der Waals surface area contributed by atoms with E-state index < -0.39 is 9.84 Å². The zero-order valence-electron chi connectivity index (χ0n) is 10.9. The first-order valence-electron chi connectivity index (χ1n) is 5.52. The Bertz CT molecular complexity index is 698. The fourth-order valence-corrected chi connectivity index (χ4v) is 3.09. The van der Waals surface area contributed by atoms with Crippen LogP contribution in [0, 0.1) is 6.92 Å². The molecule has 0 aliphatic carbocycles. The monoisotopic (exact) mass is 324 g/mol. The van der Waals surface area contributed by atoms with E-state index in [-0.39, 0.29) is 17.5 Å². The molecule has 0 spiro atoms. The van der Waals surface area contributed by atoms with Crippen molar-refractivity contribution in [1.29, 1.82) is 0 Å². The third-order valence-corrected chi connectivity index (χ3v) is 4.23. The molecule has 0 atom stereocenters. The topological polar surface area (TPSA) is 52.0 Å². The van der Waals surface area contributed by atoms with Crippen LogP contribution in [0.15, 0.2) is 17.3 Å².